The molecular formula is C15H14F3N3OS. The van der Waals surface area contributed by atoms with E-state index in [2.05, 4.69) is 4.98 Å². The van der Waals surface area contributed by atoms with Gasteiger partial charge in [0.25, 0.3) is 5.91 Å². The number of hydrogen-bond acceptors (Lipinski definition) is 4. The molecule has 0 bridgehead atoms. The summed E-state index contributed by atoms with van der Waals surface area (Å²) in [6, 6.07) is 4.91. The highest BCUT2D eigenvalue weighted by atomic mass is 32.1. The standard InChI is InChI=1S/C15H14F3N3OS/c16-15(17,18)10-3-1-2-9(6-10)13-20-12(8-23-13)14(22)21-5-4-11(19)7-21/h1-3,6,8,11H,4-5,7,19H2/t11-/m1/s1. The predicted octanol–water partition coefficient (Wildman–Crippen LogP) is 3.00. The number of carbonyl (C=O) groups is 1. The van der Waals surface area contributed by atoms with Crippen molar-refractivity contribution in [2.45, 2.75) is 18.6 Å². The quantitative estimate of drug-likeness (QED) is 0.913. The third-order valence-electron chi connectivity index (χ3n) is 3.67. The van der Waals surface area contributed by atoms with E-state index in [-0.39, 0.29) is 17.6 Å². The molecule has 1 aliphatic rings. The van der Waals surface area contributed by atoms with E-state index in [0.29, 0.717) is 23.7 Å². The minimum absolute atomic E-state index is 0.0273. The zero-order valence-corrected chi connectivity index (χ0v) is 12.8. The van der Waals surface area contributed by atoms with E-state index < -0.39 is 11.7 Å². The van der Waals surface area contributed by atoms with Crippen LogP contribution in [0.1, 0.15) is 22.5 Å². The zero-order chi connectivity index (χ0) is 16.6. The second-order valence-electron chi connectivity index (χ2n) is 5.42. The van der Waals surface area contributed by atoms with Crippen molar-refractivity contribution in [3.63, 3.8) is 0 Å². The van der Waals surface area contributed by atoms with Crippen LogP contribution in [0, 0.1) is 0 Å². The van der Waals surface area contributed by atoms with Crippen LogP contribution in [-0.2, 0) is 6.18 Å². The number of hydrogen-bond donors (Lipinski definition) is 1. The van der Waals surface area contributed by atoms with E-state index in [1.807, 2.05) is 0 Å². The van der Waals surface area contributed by atoms with Gasteiger partial charge in [-0.2, -0.15) is 13.2 Å². The Labute approximate surface area is 134 Å². The van der Waals surface area contributed by atoms with Crippen LogP contribution in [0.3, 0.4) is 0 Å². The number of thiazole rings is 1. The molecule has 0 radical (unpaired) electrons. The Bertz CT molecular complexity index is 729. The lowest BCUT2D eigenvalue weighted by molar-refractivity contribution is -0.137. The monoisotopic (exact) mass is 341 g/mol. The van der Waals surface area contributed by atoms with E-state index >= 15 is 0 Å². The summed E-state index contributed by atoms with van der Waals surface area (Å²) in [5.41, 5.74) is 5.64. The van der Waals surface area contributed by atoms with Crippen molar-refractivity contribution in [2.24, 2.45) is 5.73 Å². The first-order valence-corrected chi connectivity index (χ1v) is 7.90. The molecule has 1 aromatic heterocycles. The SMILES string of the molecule is N[C@@H]1CCN(C(=O)c2csc(-c3cccc(C(F)(F)F)c3)n2)C1. The Morgan fingerprint density at radius 1 is 1.39 bits per heavy atom. The number of benzene rings is 1. The molecule has 122 valence electrons. The first-order chi connectivity index (χ1) is 10.8. The fraction of sp³-hybridized carbons (Fsp3) is 0.333. The molecule has 8 heteroatoms. The number of nitrogens with two attached hydrogens (primary N) is 1. The van der Waals surface area contributed by atoms with Crippen LogP contribution in [0.4, 0.5) is 13.2 Å². The number of carbonyl (C=O) groups excluding carboxylic acids is 1. The van der Waals surface area contributed by atoms with Crippen molar-refractivity contribution in [2.75, 3.05) is 13.1 Å². The maximum atomic E-state index is 12.8. The van der Waals surface area contributed by atoms with Gasteiger partial charge in [0, 0.05) is 30.1 Å². The van der Waals surface area contributed by atoms with Crippen molar-refractivity contribution in [1.82, 2.24) is 9.88 Å². The predicted molar refractivity (Wildman–Crippen MR) is 81.0 cm³/mol. The van der Waals surface area contributed by atoms with Crippen LogP contribution in [0.5, 0.6) is 0 Å². The molecule has 3 rings (SSSR count). The van der Waals surface area contributed by atoms with E-state index in [4.69, 9.17) is 5.73 Å². The highest BCUT2D eigenvalue weighted by Crippen LogP contribution is 2.33. The summed E-state index contributed by atoms with van der Waals surface area (Å²) in [7, 11) is 0. The number of alkyl halides is 3. The largest absolute Gasteiger partial charge is 0.416 e. The molecule has 2 N–H and O–H groups in total. The van der Waals surface area contributed by atoms with E-state index in [1.165, 1.54) is 6.07 Å². The van der Waals surface area contributed by atoms with Crippen molar-refractivity contribution < 1.29 is 18.0 Å². The van der Waals surface area contributed by atoms with Gasteiger partial charge in [0.05, 0.1) is 5.56 Å². The van der Waals surface area contributed by atoms with E-state index in [1.54, 1.807) is 16.3 Å². The van der Waals surface area contributed by atoms with Gasteiger partial charge in [-0.1, -0.05) is 12.1 Å². The Kier molecular flexibility index (Phi) is 4.11. The normalized spacial score (nSPS) is 18.4. The van der Waals surface area contributed by atoms with Crippen LogP contribution < -0.4 is 5.73 Å². The van der Waals surface area contributed by atoms with Crippen molar-refractivity contribution in [3.05, 3.63) is 40.9 Å². The van der Waals surface area contributed by atoms with Crippen LogP contribution >= 0.6 is 11.3 Å². The molecule has 1 fully saturated rings. The number of aromatic nitrogens is 1. The van der Waals surface area contributed by atoms with Crippen molar-refractivity contribution in [3.8, 4) is 10.6 Å². The molecule has 2 aromatic rings. The van der Waals surface area contributed by atoms with Gasteiger partial charge >= 0.3 is 6.18 Å². The lowest BCUT2D eigenvalue weighted by Gasteiger charge is -2.13. The van der Waals surface area contributed by atoms with Gasteiger partial charge in [-0.3, -0.25) is 4.79 Å². The summed E-state index contributed by atoms with van der Waals surface area (Å²) in [6.07, 6.45) is -3.66. The number of halogens is 3. The molecule has 1 saturated heterocycles. The maximum Gasteiger partial charge on any atom is 0.416 e. The van der Waals surface area contributed by atoms with Gasteiger partial charge in [0.1, 0.15) is 10.7 Å². The van der Waals surface area contributed by atoms with Gasteiger partial charge < -0.3 is 10.6 Å². The number of rotatable bonds is 2. The van der Waals surface area contributed by atoms with Crippen LogP contribution in [0.15, 0.2) is 29.6 Å². The van der Waals surface area contributed by atoms with Gasteiger partial charge in [0.15, 0.2) is 0 Å². The third kappa shape index (κ3) is 3.37. The fourth-order valence-corrected chi connectivity index (χ4v) is 3.26. The van der Waals surface area contributed by atoms with Gasteiger partial charge in [-0.25, -0.2) is 4.98 Å². The molecule has 1 amide bonds. The maximum absolute atomic E-state index is 12.8. The highest BCUT2D eigenvalue weighted by molar-refractivity contribution is 7.13. The Hall–Kier alpha value is -1.93. The summed E-state index contributed by atoms with van der Waals surface area (Å²) in [6.45, 7) is 1.06. The molecule has 1 aromatic carbocycles. The molecular weight excluding hydrogens is 327 g/mol. The van der Waals surface area contributed by atoms with Gasteiger partial charge in [-0.15, -0.1) is 11.3 Å². The average molecular weight is 341 g/mol. The molecule has 4 nitrogen and oxygen atoms in total. The molecule has 1 aliphatic heterocycles. The van der Waals surface area contributed by atoms with Crippen molar-refractivity contribution in [1.29, 1.82) is 0 Å². The number of likely N-dealkylation sites (tertiary alicyclic amines) is 1. The van der Waals surface area contributed by atoms with Crippen LogP contribution in [0.25, 0.3) is 10.6 Å². The van der Waals surface area contributed by atoms with E-state index in [0.717, 1.165) is 29.9 Å². The molecule has 1 atom stereocenters. The first-order valence-electron chi connectivity index (χ1n) is 7.02. The molecule has 0 spiro atoms. The highest BCUT2D eigenvalue weighted by Gasteiger charge is 2.31. The van der Waals surface area contributed by atoms with Crippen molar-refractivity contribution >= 4 is 17.2 Å². The zero-order valence-electron chi connectivity index (χ0n) is 12.0. The lowest BCUT2D eigenvalue weighted by atomic mass is 10.1. The minimum atomic E-state index is -4.41. The minimum Gasteiger partial charge on any atom is -0.336 e. The van der Waals surface area contributed by atoms with Crippen LogP contribution in [0.2, 0.25) is 0 Å². The smallest absolute Gasteiger partial charge is 0.336 e. The molecule has 0 unspecified atom stereocenters. The summed E-state index contributed by atoms with van der Waals surface area (Å²) in [5, 5.41) is 1.96. The second kappa shape index (κ2) is 5.93. The average Bonchev–Trinajstić information content (AvgIpc) is 3.15. The summed E-state index contributed by atoms with van der Waals surface area (Å²) < 4.78 is 38.3. The second-order valence-corrected chi connectivity index (χ2v) is 6.27. The number of nitrogens with zero attached hydrogens (tertiary/aromatic N) is 2. The molecule has 2 heterocycles. The lowest BCUT2D eigenvalue weighted by Crippen LogP contribution is -2.32. The van der Waals surface area contributed by atoms with Crippen LogP contribution in [-0.4, -0.2) is 34.9 Å². The van der Waals surface area contributed by atoms with Gasteiger partial charge in [-0.05, 0) is 18.6 Å². The van der Waals surface area contributed by atoms with Gasteiger partial charge in [0.2, 0.25) is 0 Å². The first kappa shape index (κ1) is 15.9. The fourth-order valence-electron chi connectivity index (χ4n) is 2.47. The number of amides is 1. The van der Waals surface area contributed by atoms with E-state index in [9.17, 15) is 18.0 Å². The summed E-state index contributed by atoms with van der Waals surface area (Å²) in [4.78, 5) is 18.1. The Morgan fingerprint density at radius 2 is 2.17 bits per heavy atom. The topological polar surface area (TPSA) is 59.2 Å². The summed E-state index contributed by atoms with van der Waals surface area (Å²) in [5.74, 6) is -0.229. The Morgan fingerprint density at radius 3 is 2.83 bits per heavy atom. The molecule has 0 aliphatic carbocycles. The summed E-state index contributed by atoms with van der Waals surface area (Å²) >= 11 is 1.15. The Balaban J connectivity index is 1.83. The molecule has 0 saturated carbocycles. The molecule has 23 heavy (non-hydrogen) atoms. The third-order valence-corrected chi connectivity index (χ3v) is 4.56.